The van der Waals surface area contributed by atoms with Gasteiger partial charge >= 0.3 is 5.97 Å². The van der Waals surface area contributed by atoms with Crippen LogP contribution in [0.3, 0.4) is 0 Å². The third kappa shape index (κ3) is 4.33. The van der Waals surface area contributed by atoms with Crippen LogP contribution in [0.25, 0.3) is 6.08 Å². The molecule has 0 saturated carbocycles. The Balaban J connectivity index is 2.05. The second kappa shape index (κ2) is 7.28. The molecule has 0 aliphatic rings. The lowest BCUT2D eigenvalue weighted by Crippen LogP contribution is -2.15. The number of hydrogen-bond acceptors (Lipinski definition) is 4. The average molecular weight is 329 g/mol. The minimum atomic E-state index is -1.66. The number of hydrogen-bond donors (Lipinski definition) is 2. The van der Waals surface area contributed by atoms with Crippen molar-refractivity contribution in [3.05, 3.63) is 65.2 Å². The van der Waals surface area contributed by atoms with Gasteiger partial charge in [0.15, 0.2) is 11.6 Å². The molecular weight excluding hydrogens is 317 g/mol. The third-order valence-corrected chi connectivity index (χ3v) is 3.10. The Hall–Kier alpha value is -3.35. The number of Topliss-reactive ketones (excluding diaryl/α,β-unsaturated/α-hetero) is 1. The van der Waals surface area contributed by atoms with Crippen molar-refractivity contribution < 1.29 is 28.7 Å². The topological polar surface area (TPSA) is 104 Å². The van der Waals surface area contributed by atoms with E-state index < -0.39 is 29.8 Å². The number of ketones is 3. The zero-order valence-corrected chi connectivity index (χ0v) is 12.3. The number of H-pyrrole nitrogens is 1. The Morgan fingerprint density at radius 3 is 2.38 bits per heavy atom. The first-order valence-corrected chi connectivity index (χ1v) is 6.82. The van der Waals surface area contributed by atoms with Gasteiger partial charge in [-0.1, -0.05) is 0 Å². The number of benzene rings is 1. The van der Waals surface area contributed by atoms with Gasteiger partial charge in [-0.15, -0.1) is 0 Å². The number of carboxylic acids is 1. The summed E-state index contributed by atoms with van der Waals surface area (Å²) in [5.41, 5.74) is 1.06. The number of carbonyl (C=O) groups is 4. The number of aromatic nitrogens is 1. The van der Waals surface area contributed by atoms with Crippen molar-refractivity contribution in [2.75, 3.05) is 0 Å². The first-order chi connectivity index (χ1) is 11.4. The largest absolute Gasteiger partial charge is 0.475 e. The molecule has 0 aliphatic carbocycles. The zero-order chi connectivity index (χ0) is 17.7. The fourth-order valence-electron chi connectivity index (χ4n) is 1.88. The Morgan fingerprint density at radius 2 is 1.75 bits per heavy atom. The van der Waals surface area contributed by atoms with Crippen molar-refractivity contribution in [3.63, 3.8) is 0 Å². The summed E-state index contributed by atoms with van der Waals surface area (Å²) in [5.74, 6) is -4.28. The highest BCUT2D eigenvalue weighted by atomic mass is 19.1. The van der Waals surface area contributed by atoms with Gasteiger partial charge in [-0.3, -0.25) is 14.4 Å². The Labute approximate surface area is 135 Å². The summed E-state index contributed by atoms with van der Waals surface area (Å²) in [4.78, 5) is 47.6. The smallest absolute Gasteiger partial charge is 0.372 e. The molecule has 2 aromatic rings. The maximum absolute atomic E-state index is 12.9. The van der Waals surface area contributed by atoms with E-state index in [1.165, 1.54) is 42.6 Å². The number of nitrogens with one attached hydrogen (secondary N) is 1. The van der Waals surface area contributed by atoms with E-state index in [0.717, 1.165) is 6.08 Å². The maximum atomic E-state index is 12.9. The molecular formula is C17H12FNO5. The highest BCUT2D eigenvalue weighted by Gasteiger charge is 2.15. The lowest BCUT2D eigenvalue weighted by molar-refractivity contribution is -0.149. The number of halogens is 1. The van der Waals surface area contributed by atoms with Crippen LogP contribution in [-0.4, -0.2) is 33.4 Å². The van der Waals surface area contributed by atoms with Gasteiger partial charge in [-0.25, -0.2) is 9.18 Å². The monoisotopic (exact) mass is 329 g/mol. The molecule has 1 aromatic carbocycles. The van der Waals surface area contributed by atoms with Crippen molar-refractivity contribution in [2.24, 2.45) is 0 Å². The summed E-state index contributed by atoms with van der Waals surface area (Å²) in [6.07, 6.45) is 3.09. The van der Waals surface area contributed by atoms with Gasteiger partial charge in [0.1, 0.15) is 5.82 Å². The van der Waals surface area contributed by atoms with Crippen LogP contribution in [0.2, 0.25) is 0 Å². The fourth-order valence-corrected chi connectivity index (χ4v) is 1.88. The lowest BCUT2D eigenvalue weighted by atomic mass is 10.1. The molecule has 0 unspecified atom stereocenters. The predicted octanol–water partition coefficient (Wildman–Crippen LogP) is 2.01. The van der Waals surface area contributed by atoms with Gasteiger partial charge in [0.05, 0.1) is 6.42 Å². The minimum Gasteiger partial charge on any atom is -0.475 e. The van der Waals surface area contributed by atoms with Gasteiger partial charge in [0.25, 0.3) is 0 Å². The van der Waals surface area contributed by atoms with Crippen molar-refractivity contribution in [2.45, 2.75) is 6.42 Å². The number of carboxylic acid groups (broad SMARTS) is 1. The molecule has 6 nitrogen and oxygen atoms in total. The molecule has 0 bridgehead atoms. The molecule has 24 heavy (non-hydrogen) atoms. The van der Waals surface area contributed by atoms with Crippen molar-refractivity contribution in [1.29, 1.82) is 0 Å². The summed E-state index contributed by atoms with van der Waals surface area (Å²) in [6, 6.07) is 6.56. The van der Waals surface area contributed by atoms with Crippen molar-refractivity contribution in [1.82, 2.24) is 4.98 Å². The summed E-state index contributed by atoms with van der Waals surface area (Å²) in [6.45, 7) is 0. The number of aromatic amines is 1. The highest BCUT2D eigenvalue weighted by molar-refractivity contribution is 6.37. The van der Waals surface area contributed by atoms with Gasteiger partial charge in [-0.2, -0.15) is 0 Å². The minimum absolute atomic E-state index is 0.314. The first kappa shape index (κ1) is 17.0. The molecule has 0 radical (unpaired) electrons. The van der Waals surface area contributed by atoms with Crippen molar-refractivity contribution >= 4 is 29.4 Å². The predicted molar refractivity (Wildman–Crippen MR) is 81.9 cm³/mol. The molecule has 2 rings (SSSR count). The SMILES string of the molecule is O=C(/C=C/c1cc(C(=O)c2ccc(F)cc2)c[nH]1)CC(=O)C(=O)O. The van der Waals surface area contributed by atoms with Crippen LogP contribution in [-0.2, 0) is 14.4 Å². The lowest BCUT2D eigenvalue weighted by Gasteiger charge is -1.97. The van der Waals surface area contributed by atoms with Crippen LogP contribution < -0.4 is 0 Å². The normalized spacial score (nSPS) is 10.7. The van der Waals surface area contributed by atoms with E-state index in [4.69, 9.17) is 5.11 Å². The highest BCUT2D eigenvalue weighted by Crippen LogP contribution is 2.13. The van der Waals surface area contributed by atoms with Crippen LogP contribution in [0.1, 0.15) is 28.0 Å². The molecule has 7 heteroatoms. The molecule has 1 aromatic heterocycles. The van der Waals surface area contributed by atoms with E-state index in [0.29, 0.717) is 16.8 Å². The third-order valence-electron chi connectivity index (χ3n) is 3.10. The summed E-state index contributed by atoms with van der Waals surface area (Å²) >= 11 is 0. The molecule has 0 atom stereocenters. The summed E-state index contributed by atoms with van der Waals surface area (Å²) in [7, 11) is 0. The van der Waals surface area contributed by atoms with Crippen LogP contribution in [0.5, 0.6) is 0 Å². The number of aliphatic carboxylic acids is 1. The summed E-state index contributed by atoms with van der Waals surface area (Å²) < 4.78 is 12.9. The molecule has 0 aliphatic heterocycles. The van der Waals surface area contributed by atoms with E-state index in [2.05, 4.69) is 4.98 Å². The van der Waals surface area contributed by atoms with Gasteiger partial charge in [0, 0.05) is 23.0 Å². The molecule has 0 amide bonds. The quantitative estimate of drug-likeness (QED) is 0.350. The van der Waals surface area contributed by atoms with E-state index in [1.54, 1.807) is 0 Å². The van der Waals surface area contributed by atoms with Crippen LogP contribution >= 0.6 is 0 Å². The van der Waals surface area contributed by atoms with E-state index in [-0.39, 0.29) is 5.78 Å². The zero-order valence-electron chi connectivity index (χ0n) is 12.3. The summed E-state index contributed by atoms with van der Waals surface area (Å²) in [5, 5.41) is 8.41. The molecule has 0 spiro atoms. The second-order valence-corrected chi connectivity index (χ2v) is 4.88. The second-order valence-electron chi connectivity index (χ2n) is 4.88. The average Bonchev–Trinajstić information content (AvgIpc) is 3.02. The van der Waals surface area contributed by atoms with Gasteiger partial charge in [0.2, 0.25) is 5.78 Å². The fraction of sp³-hybridized carbons (Fsp3) is 0.0588. The number of allylic oxidation sites excluding steroid dienone is 1. The standard InChI is InChI=1S/C17H12FNO5/c18-12-3-1-10(2-4-12)16(22)11-7-13(19-9-11)5-6-14(20)8-15(21)17(23)24/h1-7,9,19H,8H2,(H,23,24)/b6-5+. The van der Waals surface area contributed by atoms with E-state index >= 15 is 0 Å². The van der Waals surface area contributed by atoms with Gasteiger partial charge < -0.3 is 10.1 Å². The Kier molecular flexibility index (Phi) is 5.16. The van der Waals surface area contributed by atoms with E-state index in [1.807, 2.05) is 0 Å². The Bertz CT molecular complexity index is 833. The number of carbonyl (C=O) groups excluding carboxylic acids is 3. The maximum Gasteiger partial charge on any atom is 0.372 e. The first-order valence-electron chi connectivity index (χ1n) is 6.82. The molecule has 0 saturated heterocycles. The molecule has 122 valence electrons. The van der Waals surface area contributed by atoms with Crippen molar-refractivity contribution in [3.8, 4) is 0 Å². The molecule has 2 N–H and O–H groups in total. The Morgan fingerprint density at radius 1 is 1.08 bits per heavy atom. The van der Waals surface area contributed by atoms with Crippen LogP contribution in [0.4, 0.5) is 4.39 Å². The van der Waals surface area contributed by atoms with Crippen LogP contribution in [0, 0.1) is 5.82 Å². The van der Waals surface area contributed by atoms with E-state index in [9.17, 15) is 23.6 Å². The van der Waals surface area contributed by atoms with Gasteiger partial charge in [-0.05, 0) is 42.5 Å². The van der Waals surface area contributed by atoms with Crippen LogP contribution in [0.15, 0.2) is 42.6 Å². The molecule has 1 heterocycles. The number of rotatable bonds is 7. The molecule has 0 fully saturated rings.